The fourth-order valence-electron chi connectivity index (χ4n) is 1.85. The first-order valence-electron chi connectivity index (χ1n) is 6.52. The standard InChI is InChI=1S/C13H18ClN3O2S2/c1-3-15-7-10-6-12(8-16-10)21(18,19)17(2)9-11-4-5-13(14)20-11/h4-6,8,15-16H,3,7,9H2,1-2H3. The quantitative estimate of drug-likeness (QED) is 0.809. The number of aromatic amines is 1. The molecule has 0 aliphatic heterocycles. The fraction of sp³-hybridized carbons (Fsp3) is 0.385. The largest absolute Gasteiger partial charge is 0.363 e. The van der Waals surface area contributed by atoms with Gasteiger partial charge in [0, 0.05) is 36.9 Å². The maximum absolute atomic E-state index is 12.5. The Bertz CT molecular complexity index is 694. The van der Waals surface area contributed by atoms with Crippen LogP contribution in [0.4, 0.5) is 0 Å². The number of thiophene rings is 1. The highest BCUT2D eigenvalue weighted by molar-refractivity contribution is 7.89. The first kappa shape index (κ1) is 16.5. The first-order chi connectivity index (χ1) is 9.93. The van der Waals surface area contributed by atoms with Gasteiger partial charge in [-0.2, -0.15) is 4.31 Å². The van der Waals surface area contributed by atoms with Crippen LogP contribution >= 0.6 is 22.9 Å². The first-order valence-corrected chi connectivity index (χ1v) is 9.15. The van der Waals surface area contributed by atoms with Gasteiger partial charge in [-0.05, 0) is 24.7 Å². The summed E-state index contributed by atoms with van der Waals surface area (Å²) in [5.74, 6) is 0. The Kier molecular flexibility index (Phi) is 5.45. The van der Waals surface area contributed by atoms with Crippen LogP contribution in [0.25, 0.3) is 0 Å². The van der Waals surface area contributed by atoms with Crippen molar-refractivity contribution in [3.8, 4) is 0 Å². The van der Waals surface area contributed by atoms with E-state index in [-0.39, 0.29) is 4.90 Å². The maximum atomic E-state index is 12.5. The van der Waals surface area contributed by atoms with Crippen molar-refractivity contribution < 1.29 is 8.42 Å². The zero-order valence-electron chi connectivity index (χ0n) is 11.9. The third-order valence-corrected chi connectivity index (χ3v) is 5.99. The highest BCUT2D eigenvalue weighted by Gasteiger charge is 2.22. The molecule has 0 bridgehead atoms. The third kappa shape index (κ3) is 4.08. The van der Waals surface area contributed by atoms with E-state index in [2.05, 4.69) is 10.3 Å². The summed E-state index contributed by atoms with van der Waals surface area (Å²) in [4.78, 5) is 4.17. The summed E-state index contributed by atoms with van der Waals surface area (Å²) in [6, 6.07) is 5.27. The molecular weight excluding hydrogens is 330 g/mol. The average molecular weight is 348 g/mol. The Hall–Kier alpha value is -0.860. The number of nitrogens with zero attached hydrogens (tertiary/aromatic N) is 1. The molecule has 0 aliphatic carbocycles. The third-order valence-electron chi connectivity index (χ3n) is 3.00. The summed E-state index contributed by atoms with van der Waals surface area (Å²) in [6.07, 6.45) is 1.53. The molecule has 116 valence electrons. The summed E-state index contributed by atoms with van der Waals surface area (Å²) >= 11 is 7.25. The van der Waals surface area contributed by atoms with Crippen molar-refractivity contribution in [2.24, 2.45) is 0 Å². The van der Waals surface area contributed by atoms with Crippen LogP contribution in [-0.2, 0) is 23.1 Å². The number of aromatic nitrogens is 1. The van der Waals surface area contributed by atoms with Gasteiger partial charge in [0.1, 0.15) is 0 Å². The minimum absolute atomic E-state index is 0.278. The van der Waals surface area contributed by atoms with Gasteiger partial charge in [0.25, 0.3) is 0 Å². The number of halogens is 1. The van der Waals surface area contributed by atoms with E-state index in [4.69, 9.17) is 11.6 Å². The van der Waals surface area contributed by atoms with Gasteiger partial charge in [-0.25, -0.2) is 8.42 Å². The molecule has 0 saturated carbocycles. The van der Waals surface area contributed by atoms with Crippen LogP contribution < -0.4 is 5.32 Å². The molecule has 2 aromatic rings. The Balaban J connectivity index is 2.11. The Morgan fingerprint density at radius 1 is 1.43 bits per heavy atom. The van der Waals surface area contributed by atoms with Crippen molar-refractivity contribution in [3.05, 3.63) is 39.3 Å². The van der Waals surface area contributed by atoms with E-state index in [0.717, 1.165) is 17.1 Å². The number of hydrogen-bond acceptors (Lipinski definition) is 4. The van der Waals surface area contributed by atoms with E-state index < -0.39 is 10.0 Å². The van der Waals surface area contributed by atoms with Gasteiger partial charge in [0.05, 0.1) is 9.23 Å². The van der Waals surface area contributed by atoms with E-state index in [0.29, 0.717) is 17.4 Å². The predicted molar refractivity (Wildman–Crippen MR) is 86.2 cm³/mol. The summed E-state index contributed by atoms with van der Waals surface area (Å²) in [6.45, 7) is 3.77. The van der Waals surface area contributed by atoms with Crippen LogP contribution in [0.3, 0.4) is 0 Å². The monoisotopic (exact) mass is 347 g/mol. The van der Waals surface area contributed by atoms with Crippen molar-refractivity contribution >= 4 is 33.0 Å². The van der Waals surface area contributed by atoms with Crippen molar-refractivity contribution in [2.75, 3.05) is 13.6 Å². The van der Waals surface area contributed by atoms with Crippen molar-refractivity contribution in [1.29, 1.82) is 0 Å². The second-order valence-corrected chi connectivity index (χ2v) is 8.45. The Morgan fingerprint density at radius 3 is 2.81 bits per heavy atom. The van der Waals surface area contributed by atoms with E-state index >= 15 is 0 Å². The Morgan fingerprint density at radius 2 is 2.19 bits per heavy atom. The topological polar surface area (TPSA) is 65.2 Å². The number of H-pyrrole nitrogens is 1. The highest BCUT2D eigenvalue weighted by atomic mass is 35.5. The van der Waals surface area contributed by atoms with Crippen molar-refractivity contribution in [3.63, 3.8) is 0 Å². The minimum Gasteiger partial charge on any atom is -0.363 e. The lowest BCUT2D eigenvalue weighted by molar-refractivity contribution is 0.470. The number of hydrogen-bond donors (Lipinski definition) is 2. The van der Waals surface area contributed by atoms with Crippen LogP contribution in [0.1, 0.15) is 17.5 Å². The summed E-state index contributed by atoms with van der Waals surface area (Å²) < 4.78 is 27.0. The van der Waals surface area contributed by atoms with Gasteiger partial charge in [-0.3, -0.25) is 0 Å². The molecule has 0 saturated heterocycles. The molecule has 0 fully saturated rings. The number of rotatable bonds is 7. The molecular formula is C13H18ClN3O2S2. The van der Waals surface area contributed by atoms with Gasteiger partial charge in [0.2, 0.25) is 10.0 Å². The lowest BCUT2D eigenvalue weighted by Gasteiger charge is -2.15. The van der Waals surface area contributed by atoms with Gasteiger partial charge >= 0.3 is 0 Å². The molecule has 2 N–H and O–H groups in total. The molecule has 2 aromatic heterocycles. The summed E-state index contributed by atoms with van der Waals surface area (Å²) in [7, 11) is -1.92. The normalized spacial score (nSPS) is 12.2. The molecule has 0 aromatic carbocycles. The number of sulfonamides is 1. The molecule has 2 rings (SSSR count). The van der Waals surface area contributed by atoms with Gasteiger partial charge in [-0.15, -0.1) is 11.3 Å². The van der Waals surface area contributed by atoms with Gasteiger partial charge in [0.15, 0.2) is 0 Å². The highest BCUT2D eigenvalue weighted by Crippen LogP contribution is 2.24. The fourth-order valence-corrected chi connectivity index (χ4v) is 4.24. The molecule has 0 unspecified atom stereocenters. The maximum Gasteiger partial charge on any atom is 0.244 e. The smallest absolute Gasteiger partial charge is 0.244 e. The molecule has 8 heteroatoms. The van der Waals surface area contributed by atoms with Crippen molar-refractivity contribution in [1.82, 2.24) is 14.6 Å². The van der Waals surface area contributed by atoms with Crippen LogP contribution in [0.2, 0.25) is 4.34 Å². The molecule has 2 heterocycles. The summed E-state index contributed by atoms with van der Waals surface area (Å²) in [5, 5.41) is 3.15. The van der Waals surface area contributed by atoms with Crippen LogP contribution in [0.15, 0.2) is 29.3 Å². The zero-order valence-corrected chi connectivity index (χ0v) is 14.3. The summed E-state index contributed by atoms with van der Waals surface area (Å²) in [5.41, 5.74) is 0.850. The average Bonchev–Trinajstić information content (AvgIpc) is 3.06. The molecule has 0 spiro atoms. The lowest BCUT2D eigenvalue weighted by atomic mass is 10.4. The van der Waals surface area contributed by atoms with Crippen LogP contribution in [0.5, 0.6) is 0 Å². The predicted octanol–water partition coefficient (Wildman–Crippen LogP) is 2.66. The van der Waals surface area contributed by atoms with Crippen LogP contribution in [0, 0.1) is 0 Å². The SMILES string of the molecule is CCNCc1cc(S(=O)(=O)N(C)Cc2ccc(Cl)s2)c[nH]1. The second kappa shape index (κ2) is 6.93. The van der Waals surface area contributed by atoms with E-state index in [9.17, 15) is 8.42 Å². The molecule has 0 aliphatic rings. The Labute approximate surface area is 134 Å². The van der Waals surface area contributed by atoms with Crippen molar-refractivity contribution in [2.45, 2.75) is 24.9 Å². The second-order valence-electron chi connectivity index (χ2n) is 4.61. The van der Waals surface area contributed by atoms with Gasteiger partial charge < -0.3 is 10.3 Å². The zero-order chi connectivity index (χ0) is 15.5. The molecule has 0 radical (unpaired) electrons. The minimum atomic E-state index is -3.49. The lowest BCUT2D eigenvalue weighted by Crippen LogP contribution is -2.25. The van der Waals surface area contributed by atoms with Gasteiger partial charge in [-0.1, -0.05) is 18.5 Å². The molecule has 5 nitrogen and oxygen atoms in total. The van der Waals surface area contributed by atoms with Crippen LogP contribution in [-0.4, -0.2) is 31.3 Å². The van der Waals surface area contributed by atoms with E-state index in [1.807, 2.05) is 13.0 Å². The molecule has 0 atom stereocenters. The molecule has 0 amide bonds. The number of nitrogens with one attached hydrogen (secondary N) is 2. The molecule has 21 heavy (non-hydrogen) atoms. The van der Waals surface area contributed by atoms with E-state index in [1.165, 1.54) is 21.8 Å². The van der Waals surface area contributed by atoms with E-state index in [1.54, 1.807) is 19.2 Å².